The molecule has 1 aromatic heterocycles. The first-order valence-corrected chi connectivity index (χ1v) is 7.64. The summed E-state index contributed by atoms with van der Waals surface area (Å²) in [5.41, 5.74) is 0.931. The summed E-state index contributed by atoms with van der Waals surface area (Å²) in [7, 11) is 1.91. The van der Waals surface area contributed by atoms with Gasteiger partial charge in [0.1, 0.15) is 0 Å². The van der Waals surface area contributed by atoms with Crippen molar-refractivity contribution in [2.75, 3.05) is 13.6 Å². The molecule has 0 radical (unpaired) electrons. The Kier molecular flexibility index (Phi) is 4.40. The van der Waals surface area contributed by atoms with Gasteiger partial charge in [-0.25, -0.2) is 0 Å². The van der Waals surface area contributed by atoms with E-state index in [1.807, 2.05) is 11.9 Å². The van der Waals surface area contributed by atoms with Crippen molar-refractivity contribution in [2.24, 2.45) is 0 Å². The van der Waals surface area contributed by atoms with E-state index in [4.69, 9.17) is 0 Å². The van der Waals surface area contributed by atoms with Crippen LogP contribution >= 0.6 is 11.3 Å². The summed E-state index contributed by atoms with van der Waals surface area (Å²) in [6, 6.07) is 2.09. The van der Waals surface area contributed by atoms with Gasteiger partial charge in [-0.1, -0.05) is 13.3 Å². The minimum atomic E-state index is -0.292. The standard InChI is InChI=1S/C14H22N2OS/c1-3-6-14(7-4-8-15-14)13(17)16(2)10-12-5-9-18-11-12/h5,9,11,15H,3-4,6-8,10H2,1-2H3. The lowest BCUT2D eigenvalue weighted by molar-refractivity contribution is -0.137. The Labute approximate surface area is 113 Å². The van der Waals surface area contributed by atoms with Gasteiger partial charge >= 0.3 is 0 Å². The second kappa shape index (κ2) is 5.85. The molecule has 1 N–H and O–H groups in total. The number of amides is 1. The van der Waals surface area contributed by atoms with E-state index in [9.17, 15) is 4.79 Å². The van der Waals surface area contributed by atoms with Crippen molar-refractivity contribution in [2.45, 2.75) is 44.7 Å². The van der Waals surface area contributed by atoms with Gasteiger partial charge in [0, 0.05) is 13.6 Å². The fraction of sp³-hybridized carbons (Fsp3) is 0.643. The average molecular weight is 266 g/mol. The molecule has 2 heterocycles. The number of nitrogens with zero attached hydrogens (tertiary/aromatic N) is 1. The van der Waals surface area contributed by atoms with Gasteiger partial charge in [-0.15, -0.1) is 0 Å². The van der Waals surface area contributed by atoms with Gasteiger partial charge in [0.05, 0.1) is 5.54 Å². The van der Waals surface area contributed by atoms with Crippen LogP contribution in [0, 0.1) is 0 Å². The van der Waals surface area contributed by atoms with Gasteiger partial charge < -0.3 is 10.2 Å². The van der Waals surface area contributed by atoms with Crippen molar-refractivity contribution < 1.29 is 4.79 Å². The Morgan fingerprint density at radius 1 is 1.61 bits per heavy atom. The van der Waals surface area contributed by atoms with Crippen LogP contribution in [0.1, 0.15) is 38.2 Å². The fourth-order valence-corrected chi connectivity index (χ4v) is 3.49. The molecule has 1 atom stereocenters. The van der Waals surface area contributed by atoms with Gasteiger partial charge in [0.15, 0.2) is 0 Å². The first-order valence-electron chi connectivity index (χ1n) is 6.69. The Bertz CT molecular complexity index is 383. The van der Waals surface area contributed by atoms with Crippen molar-refractivity contribution >= 4 is 17.2 Å². The number of carbonyl (C=O) groups excluding carboxylic acids is 1. The highest BCUT2D eigenvalue weighted by Crippen LogP contribution is 2.27. The van der Waals surface area contributed by atoms with Crippen LogP contribution in [-0.2, 0) is 11.3 Å². The lowest BCUT2D eigenvalue weighted by atomic mass is 9.90. The number of carbonyl (C=O) groups is 1. The van der Waals surface area contributed by atoms with Gasteiger partial charge in [-0.05, 0) is 48.2 Å². The number of hydrogen-bond donors (Lipinski definition) is 1. The van der Waals surface area contributed by atoms with Crippen molar-refractivity contribution in [1.82, 2.24) is 10.2 Å². The highest BCUT2D eigenvalue weighted by atomic mass is 32.1. The van der Waals surface area contributed by atoms with Crippen molar-refractivity contribution in [3.05, 3.63) is 22.4 Å². The molecule has 18 heavy (non-hydrogen) atoms. The molecule has 1 aromatic rings. The molecule has 1 aliphatic heterocycles. The number of thiophene rings is 1. The highest BCUT2D eigenvalue weighted by Gasteiger charge is 2.41. The smallest absolute Gasteiger partial charge is 0.242 e. The molecule has 1 fully saturated rings. The molecule has 1 aliphatic rings. The quantitative estimate of drug-likeness (QED) is 0.888. The average Bonchev–Trinajstić information content (AvgIpc) is 3.00. The van der Waals surface area contributed by atoms with E-state index in [-0.39, 0.29) is 11.4 Å². The van der Waals surface area contributed by atoms with Gasteiger partial charge in [-0.3, -0.25) is 4.79 Å². The van der Waals surface area contributed by atoms with Crippen LogP contribution in [0.15, 0.2) is 16.8 Å². The topological polar surface area (TPSA) is 32.3 Å². The molecule has 4 heteroatoms. The van der Waals surface area contributed by atoms with Gasteiger partial charge in [0.25, 0.3) is 0 Å². The molecular weight excluding hydrogens is 244 g/mol. The molecular formula is C14H22N2OS. The highest BCUT2D eigenvalue weighted by molar-refractivity contribution is 7.07. The van der Waals surface area contributed by atoms with E-state index in [0.29, 0.717) is 0 Å². The van der Waals surface area contributed by atoms with Crippen molar-refractivity contribution in [3.63, 3.8) is 0 Å². The summed E-state index contributed by atoms with van der Waals surface area (Å²) in [5, 5.41) is 7.61. The molecule has 2 rings (SSSR count). The maximum atomic E-state index is 12.7. The summed E-state index contributed by atoms with van der Waals surface area (Å²) in [6.45, 7) is 3.83. The molecule has 0 bridgehead atoms. The van der Waals surface area contributed by atoms with E-state index in [1.54, 1.807) is 11.3 Å². The zero-order valence-electron chi connectivity index (χ0n) is 11.2. The second-order valence-corrected chi connectivity index (χ2v) is 5.94. The summed E-state index contributed by atoms with van der Waals surface area (Å²) in [5.74, 6) is 0.257. The largest absolute Gasteiger partial charge is 0.340 e. The monoisotopic (exact) mass is 266 g/mol. The Hall–Kier alpha value is -0.870. The first-order chi connectivity index (χ1) is 8.68. The van der Waals surface area contributed by atoms with Crippen LogP contribution in [0.5, 0.6) is 0 Å². The van der Waals surface area contributed by atoms with Crippen LogP contribution in [-0.4, -0.2) is 29.9 Å². The molecule has 0 aromatic carbocycles. The van der Waals surface area contributed by atoms with E-state index in [2.05, 4.69) is 29.1 Å². The summed E-state index contributed by atoms with van der Waals surface area (Å²) < 4.78 is 0. The van der Waals surface area contributed by atoms with E-state index in [1.165, 1.54) is 5.56 Å². The molecule has 1 amide bonds. The second-order valence-electron chi connectivity index (χ2n) is 5.16. The third-order valence-corrected chi connectivity index (χ3v) is 4.41. The Morgan fingerprint density at radius 2 is 2.44 bits per heavy atom. The fourth-order valence-electron chi connectivity index (χ4n) is 2.83. The van der Waals surface area contributed by atoms with Crippen molar-refractivity contribution in [1.29, 1.82) is 0 Å². The first kappa shape index (κ1) is 13.6. The predicted octanol–water partition coefficient (Wildman–Crippen LogP) is 2.63. The molecule has 1 saturated heterocycles. The third kappa shape index (κ3) is 2.75. The summed E-state index contributed by atoms with van der Waals surface area (Å²) in [6.07, 6.45) is 4.08. The van der Waals surface area contributed by atoms with Crippen LogP contribution < -0.4 is 5.32 Å². The van der Waals surface area contributed by atoms with Crippen LogP contribution in [0.4, 0.5) is 0 Å². The minimum absolute atomic E-state index is 0.257. The number of likely N-dealkylation sites (N-methyl/N-ethyl adjacent to an activating group) is 1. The van der Waals surface area contributed by atoms with E-state index < -0.39 is 0 Å². The minimum Gasteiger partial charge on any atom is -0.340 e. The Balaban J connectivity index is 2.04. The van der Waals surface area contributed by atoms with E-state index >= 15 is 0 Å². The normalized spacial score (nSPS) is 23.2. The molecule has 1 unspecified atom stereocenters. The van der Waals surface area contributed by atoms with Gasteiger partial charge in [0.2, 0.25) is 5.91 Å². The van der Waals surface area contributed by atoms with Crippen LogP contribution in [0.25, 0.3) is 0 Å². The Morgan fingerprint density at radius 3 is 3.00 bits per heavy atom. The lowest BCUT2D eigenvalue weighted by Gasteiger charge is -2.32. The molecule has 100 valence electrons. The van der Waals surface area contributed by atoms with Crippen LogP contribution in [0.2, 0.25) is 0 Å². The van der Waals surface area contributed by atoms with E-state index in [0.717, 1.165) is 38.8 Å². The number of nitrogens with one attached hydrogen (secondary N) is 1. The zero-order valence-corrected chi connectivity index (χ0v) is 12.1. The lowest BCUT2D eigenvalue weighted by Crippen LogP contribution is -2.53. The number of rotatable bonds is 5. The van der Waals surface area contributed by atoms with Gasteiger partial charge in [-0.2, -0.15) is 11.3 Å². The zero-order chi connectivity index (χ0) is 13.0. The maximum absolute atomic E-state index is 12.7. The summed E-state index contributed by atoms with van der Waals surface area (Å²) >= 11 is 1.68. The number of hydrogen-bond acceptors (Lipinski definition) is 3. The molecule has 0 aliphatic carbocycles. The summed E-state index contributed by atoms with van der Waals surface area (Å²) in [4.78, 5) is 14.5. The molecule has 3 nitrogen and oxygen atoms in total. The molecule has 0 spiro atoms. The third-order valence-electron chi connectivity index (χ3n) is 3.68. The maximum Gasteiger partial charge on any atom is 0.242 e. The molecule has 0 saturated carbocycles. The predicted molar refractivity (Wildman–Crippen MR) is 75.7 cm³/mol. The SMILES string of the molecule is CCCC1(C(=O)N(C)Cc2ccsc2)CCCN1. The van der Waals surface area contributed by atoms with Crippen LogP contribution in [0.3, 0.4) is 0 Å². The van der Waals surface area contributed by atoms with Crippen molar-refractivity contribution in [3.8, 4) is 0 Å².